The molecule has 0 aliphatic rings. The lowest BCUT2D eigenvalue weighted by Crippen LogP contribution is -2.05. The number of rotatable bonds is 8. The number of aliphatic hydroxyl groups excluding tert-OH is 1. The van der Waals surface area contributed by atoms with Crippen LogP contribution in [-0.2, 0) is 13.0 Å². The van der Waals surface area contributed by atoms with Crippen LogP contribution >= 0.6 is 11.3 Å². The maximum atomic E-state index is 9.41. The van der Waals surface area contributed by atoms with Crippen LogP contribution in [0, 0.1) is 0 Å². The summed E-state index contributed by atoms with van der Waals surface area (Å²) in [6, 6.07) is 7.85. The molecule has 8 heteroatoms. The third-order valence-electron chi connectivity index (χ3n) is 4.10. The van der Waals surface area contributed by atoms with Gasteiger partial charge >= 0.3 is 0 Å². The van der Waals surface area contributed by atoms with Gasteiger partial charge in [0, 0.05) is 27.9 Å². The number of nitrogens with zero attached hydrogens (tertiary/aromatic N) is 2. The van der Waals surface area contributed by atoms with Crippen LogP contribution in [0.25, 0.3) is 10.4 Å². The number of aliphatic hydroxyl groups is 1. The number of nitrogen functional groups attached to an aromatic ring is 2. The monoisotopic (exact) mass is 400 g/mol. The number of thiophene rings is 1. The molecule has 0 spiro atoms. The van der Waals surface area contributed by atoms with Crippen LogP contribution < -0.4 is 20.9 Å². The molecule has 2 heterocycles. The van der Waals surface area contributed by atoms with E-state index in [0.717, 1.165) is 37.9 Å². The fourth-order valence-electron chi connectivity index (χ4n) is 2.92. The van der Waals surface area contributed by atoms with Gasteiger partial charge in [0.1, 0.15) is 17.3 Å². The van der Waals surface area contributed by atoms with Crippen LogP contribution in [-0.4, -0.2) is 28.3 Å². The molecule has 0 radical (unpaired) electrons. The number of aromatic nitrogens is 2. The van der Waals surface area contributed by atoms with Crippen molar-refractivity contribution in [2.24, 2.45) is 0 Å². The van der Waals surface area contributed by atoms with Gasteiger partial charge in [-0.05, 0) is 43.7 Å². The standard InChI is InChI=1S/C20H24N4O3S/c1-3-26-15-8-12(7-13-10-23-20(22)24-19(13)21)9-16(27-4-2)18(15)17-6-5-14(11-25)28-17/h5-6,8-10,25H,3-4,7,11H2,1-2H3,(H4,21,22,23,24). The zero-order valence-corrected chi connectivity index (χ0v) is 16.8. The highest BCUT2D eigenvalue weighted by atomic mass is 32.1. The van der Waals surface area contributed by atoms with Gasteiger partial charge in [0.05, 0.1) is 25.4 Å². The fourth-order valence-corrected chi connectivity index (χ4v) is 3.84. The summed E-state index contributed by atoms with van der Waals surface area (Å²) in [5.41, 5.74) is 14.2. The maximum Gasteiger partial charge on any atom is 0.221 e. The fraction of sp³-hybridized carbons (Fsp3) is 0.300. The van der Waals surface area contributed by atoms with Gasteiger partial charge in [0.25, 0.3) is 0 Å². The predicted octanol–water partition coefficient (Wildman–Crippen LogP) is 3.25. The van der Waals surface area contributed by atoms with E-state index in [1.807, 2.05) is 38.1 Å². The number of ether oxygens (including phenoxy) is 2. The molecule has 3 rings (SSSR count). The summed E-state index contributed by atoms with van der Waals surface area (Å²) < 4.78 is 11.9. The normalized spacial score (nSPS) is 10.8. The molecule has 148 valence electrons. The molecule has 0 atom stereocenters. The van der Waals surface area contributed by atoms with Crippen LogP contribution in [0.2, 0.25) is 0 Å². The lowest BCUT2D eigenvalue weighted by molar-refractivity contribution is 0.285. The topological polar surface area (TPSA) is 117 Å². The zero-order chi connectivity index (χ0) is 20.1. The Morgan fingerprint density at radius 3 is 2.29 bits per heavy atom. The van der Waals surface area contributed by atoms with Crippen molar-refractivity contribution >= 4 is 23.1 Å². The quantitative estimate of drug-likeness (QED) is 0.531. The van der Waals surface area contributed by atoms with Gasteiger partial charge < -0.3 is 26.0 Å². The van der Waals surface area contributed by atoms with E-state index in [9.17, 15) is 5.11 Å². The smallest absolute Gasteiger partial charge is 0.221 e. The largest absolute Gasteiger partial charge is 0.493 e. The van der Waals surface area contributed by atoms with Crippen molar-refractivity contribution in [2.45, 2.75) is 26.9 Å². The average Bonchev–Trinajstić information content (AvgIpc) is 3.13. The zero-order valence-electron chi connectivity index (χ0n) is 15.9. The average molecular weight is 401 g/mol. The van der Waals surface area contributed by atoms with Gasteiger partial charge in [-0.15, -0.1) is 11.3 Å². The van der Waals surface area contributed by atoms with E-state index < -0.39 is 0 Å². The Hall–Kier alpha value is -2.84. The molecule has 0 saturated heterocycles. The molecule has 0 aliphatic carbocycles. The van der Waals surface area contributed by atoms with Crippen LogP contribution in [0.1, 0.15) is 29.9 Å². The number of hydrogen-bond donors (Lipinski definition) is 3. The van der Waals surface area contributed by atoms with Crippen LogP contribution in [0.15, 0.2) is 30.5 Å². The summed E-state index contributed by atoms with van der Waals surface area (Å²) in [7, 11) is 0. The Bertz CT molecular complexity index is 931. The minimum absolute atomic E-state index is 0.00705. The second-order valence-electron chi connectivity index (χ2n) is 6.07. The molecule has 5 N–H and O–H groups in total. The summed E-state index contributed by atoms with van der Waals surface area (Å²) in [5.74, 6) is 1.96. The number of anilines is 2. The van der Waals surface area contributed by atoms with Crippen molar-refractivity contribution in [3.05, 3.63) is 46.5 Å². The van der Waals surface area contributed by atoms with Gasteiger partial charge in [-0.2, -0.15) is 4.98 Å². The van der Waals surface area contributed by atoms with E-state index in [2.05, 4.69) is 9.97 Å². The van der Waals surface area contributed by atoms with Gasteiger partial charge in [-0.25, -0.2) is 4.98 Å². The van der Waals surface area contributed by atoms with E-state index >= 15 is 0 Å². The number of nitrogens with two attached hydrogens (primary N) is 2. The first kappa shape index (κ1) is 19.9. The van der Waals surface area contributed by atoms with E-state index in [1.165, 1.54) is 11.3 Å². The number of hydrogen-bond acceptors (Lipinski definition) is 8. The first-order valence-corrected chi connectivity index (χ1v) is 9.86. The van der Waals surface area contributed by atoms with Crippen molar-refractivity contribution in [1.82, 2.24) is 9.97 Å². The molecule has 3 aromatic rings. The predicted molar refractivity (Wildman–Crippen MR) is 112 cm³/mol. The van der Waals surface area contributed by atoms with Gasteiger partial charge in [-0.3, -0.25) is 0 Å². The molecular formula is C20H24N4O3S. The van der Waals surface area contributed by atoms with Gasteiger partial charge in [0.2, 0.25) is 5.95 Å². The van der Waals surface area contributed by atoms with Crippen molar-refractivity contribution in [1.29, 1.82) is 0 Å². The highest BCUT2D eigenvalue weighted by molar-refractivity contribution is 7.15. The molecule has 0 fully saturated rings. The Morgan fingerprint density at radius 2 is 1.75 bits per heavy atom. The second-order valence-corrected chi connectivity index (χ2v) is 7.24. The molecule has 0 amide bonds. The van der Waals surface area contributed by atoms with E-state index in [0.29, 0.717) is 25.5 Å². The van der Waals surface area contributed by atoms with Gasteiger partial charge in [0.15, 0.2) is 0 Å². The molecule has 7 nitrogen and oxygen atoms in total. The Balaban J connectivity index is 2.07. The van der Waals surface area contributed by atoms with Crippen LogP contribution in [0.3, 0.4) is 0 Å². The Labute approximate surface area is 168 Å². The van der Waals surface area contributed by atoms with Crippen molar-refractivity contribution in [2.75, 3.05) is 24.7 Å². The number of benzene rings is 1. The molecule has 0 unspecified atom stereocenters. The summed E-state index contributed by atoms with van der Waals surface area (Å²) in [6.45, 7) is 4.93. The highest BCUT2D eigenvalue weighted by Gasteiger charge is 2.18. The first-order chi connectivity index (χ1) is 13.5. The van der Waals surface area contributed by atoms with E-state index in [4.69, 9.17) is 20.9 Å². The summed E-state index contributed by atoms with van der Waals surface area (Å²) >= 11 is 1.52. The minimum Gasteiger partial charge on any atom is -0.493 e. The van der Waals surface area contributed by atoms with Crippen molar-refractivity contribution in [3.8, 4) is 21.9 Å². The Kier molecular flexibility index (Phi) is 6.33. The van der Waals surface area contributed by atoms with E-state index in [-0.39, 0.29) is 12.6 Å². The Morgan fingerprint density at radius 1 is 1.07 bits per heavy atom. The lowest BCUT2D eigenvalue weighted by atomic mass is 10.0. The molecule has 1 aromatic carbocycles. The summed E-state index contributed by atoms with van der Waals surface area (Å²) in [6.07, 6.45) is 2.16. The third kappa shape index (κ3) is 4.35. The van der Waals surface area contributed by atoms with E-state index in [1.54, 1.807) is 6.20 Å². The summed E-state index contributed by atoms with van der Waals surface area (Å²) in [4.78, 5) is 9.93. The van der Waals surface area contributed by atoms with Crippen molar-refractivity contribution in [3.63, 3.8) is 0 Å². The molecule has 28 heavy (non-hydrogen) atoms. The second kappa shape index (κ2) is 8.90. The minimum atomic E-state index is 0.00705. The molecule has 0 bridgehead atoms. The van der Waals surface area contributed by atoms with Crippen molar-refractivity contribution < 1.29 is 14.6 Å². The van der Waals surface area contributed by atoms with Gasteiger partial charge in [-0.1, -0.05) is 0 Å². The summed E-state index contributed by atoms with van der Waals surface area (Å²) in [5, 5.41) is 9.41. The lowest BCUT2D eigenvalue weighted by Gasteiger charge is -2.17. The highest BCUT2D eigenvalue weighted by Crippen LogP contribution is 2.43. The first-order valence-electron chi connectivity index (χ1n) is 9.05. The molecule has 2 aromatic heterocycles. The molecular weight excluding hydrogens is 376 g/mol. The van der Waals surface area contributed by atoms with Crippen LogP contribution in [0.4, 0.5) is 11.8 Å². The maximum absolute atomic E-state index is 9.41. The SMILES string of the molecule is CCOc1cc(Cc2cnc(N)nc2N)cc(OCC)c1-c1ccc(CO)s1. The molecule has 0 saturated carbocycles. The van der Waals surface area contributed by atoms with Crippen LogP contribution in [0.5, 0.6) is 11.5 Å². The third-order valence-corrected chi connectivity index (χ3v) is 5.19. The molecule has 0 aliphatic heterocycles.